The fraction of sp³-hybridized carbons (Fsp3) is 0.300. The number of benzene rings is 1. The van der Waals surface area contributed by atoms with Crippen LogP contribution in [0, 0.1) is 5.82 Å². The summed E-state index contributed by atoms with van der Waals surface area (Å²) in [7, 11) is 0. The van der Waals surface area contributed by atoms with E-state index in [2.05, 4.69) is 15.9 Å². The Hall–Kier alpha value is -0.350. The number of carbonyl (C=O) groups is 1. The van der Waals surface area contributed by atoms with Crippen LogP contribution >= 0.6 is 27.7 Å². The van der Waals surface area contributed by atoms with E-state index in [1.54, 1.807) is 0 Å². The highest BCUT2D eigenvalue weighted by atomic mass is 79.9. The first-order valence-corrected chi connectivity index (χ1v) is 6.41. The molecule has 0 amide bonds. The number of ketones is 1. The van der Waals surface area contributed by atoms with Gasteiger partial charge in [0.1, 0.15) is 11.6 Å². The van der Waals surface area contributed by atoms with Crippen LogP contribution < -0.4 is 0 Å². The van der Waals surface area contributed by atoms with Crippen molar-refractivity contribution in [1.82, 2.24) is 0 Å². The maximum Gasteiger partial charge on any atom is 0.147 e. The van der Waals surface area contributed by atoms with Gasteiger partial charge in [-0.25, -0.2) is 4.39 Å². The molecule has 1 rings (SSSR count). The van der Waals surface area contributed by atoms with Crippen LogP contribution in [-0.2, 0) is 11.2 Å². The monoisotopic (exact) mass is 276 g/mol. The minimum absolute atomic E-state index is 0.0580. The van der Waals surface area contributed by atoms with Crippen LogP contribution in [0.25, 0.3) is 0 Å². The van der Waals surface area contributed by atoms with Gasteiger partial charge in [-0.2, -0.15) is 0 Å². The van der Waals surface area contributed by atoms with Gasteiger partial charge in [-0.3, -0.25) is 4.79 Å². The second kappa shape index (κ2) is 5.51. The third kappa shape index (κ3) is 3.42. The zero-order chi connectivity index (χ0) is 10.6. The van der Waals surface area contributed by atoms with Gasteiger partial charge in [0, 0.05) is 11.3 Å². The smallest absolute Gasteiger partial charge is 0.147 e. The summed E-state index contributed by atoms with van der Waals surface area (Å²) in [6.45, 7) is 0. The van der Waals surface area contributed by atoms with E-state index in [0.29, 0.717) is 5.33 Å². The number of halogens is 2. The fourth-order valence-corrected chi connectivity index (χ4v) is 1.81. The molecule has 0 heterocycles. The Bertz CT molecular complexity index is 341. The summed E-state index contributed by atoms with van der Waals surface area (Å²) in [6.07, 6.45) is 2.17. The van der Waals surface area contributed by atoms with Crippen LogP contribution in [0.15, 0.2) is 23.1 Å². The molecular weight excluding hydrogens is 267 g/mol. The highest BCUT2D eigenvalue weighted by Gasteiger charge is 2.04. The van der Waals surface area contributed by atoms with Gasteiger partial charge in [0.05, 0.1) is 5.33 Å². The SMILES string of the molecule is CSc1cc(F)cc(CC(=O)CBr)c1. The maximum absolute atomic E-state index is 13.0. The first-order valence-electron chi connectivity index (χ1n) is 4.07. The molecule has 0 aliphatic rings. The first kappa shape index (κ1) is 11.7. The molecule has 0 spiro atoms. The van der Waals surface area contributed by atoms with E-state index < -0.39 is 0 Å². The summed E-state index contributed by atoms with van der Waals surface area (Å²) in [5.74, 6) is -0.225. The van der Waals surface area contributed by atoms with Crippen molar-refractivity contribution in [3.8, 4) is 0 Å². The predicted molar refractivity (Wildman–Crippen MR) is 60.7 cm³/mol. The van der Waals surface area contributed by atoms with Crippen LogP contribution in [0.4, 0.5) is 4.39 Å². The molecule has 0 atom stereocenters. The largest absolute Gasteiger partial charge is 0.298 e. The summed E-state index contributed by atoms with van der Waals surface area (Å²) in [5.41, 5.74) is 0.735. The molecule has 1 aromatic rings. The lowest BCUT2D eigenvalue weighted by atomic mass is 10.1. The Morgan fingerprint density at radius 3 is 2.79 bits per heavy atom. The number of Topliss-reactive ketones (excluding diaryl/α,β-unsaturated/α-hetero) is 1. The Morgan fingerprint density at radius 1 is 1.50 bits per heavy atom. The highest BCUT2D eigenvalue weighted by Crippen LogP contribution is 2.18. The van der Waals surface area contributed by atoms with E-state index >= 15 is 0 Å². The minimum atomic E-state index is -0.283. The Morgan fingerprint density at radius 2 is 2.21 bits per heavy atom. The van der Waals surface area contributed by atoms with Gasteiger partial charge < -0.3 is 0 Å². The third-order valence-electron chi connectivity index (χ3n) is 1.72. The number of rotatable bonds is 4. The van der Waals surface area contributed by atoms with E-state index in [1.807, 2.05) is 12.3 Å². The fourth-order valence-electron chi connectivity index (χ4n) is 1.12. The Labute approximate surface area is 95.2 Å². The van der Waals surface area contributed by atoms with Crippen LogP contribution in [-0.4, -0.2) is 17.4 Å². The standard InChI is InChI=1S/C10H10BrFOS/c1-14-10-4-7(2-8(12)5-10)3-9(13)6-11/h2,4-5H,3,6H2,1H3. The Balaban J connectivity index is 2.86. The molecule has 0 bridgehead atoms. The van der Waals surface area contributed by atoms with Crippen molar-refractivity contribution in [2.24, 2.45) is 0 Å². The second-order valence-electron chi connectivity index (χ2n) is 2.85. The molecule has 0 fully saturated rings. The summed E-state index contributed by atoms with van der Waals surface area (Å²) >= 11 is 4.55. The zero-order valence-electron chi connectivity index (χ0n) is 7.72. The molecule has 0 unspecified atom stereocenters. The average Bonchev–Trinajstić information content (AvgIpc) is 2.16. The van der Waals surface area contributed by atoms with Gasteiger partial charge in [-0.1, -0.05) is 15.9 Å². The molecular formula is C10H10BrFOS. The van der Waals surface area contributed by atoms with Crippen molar-refractivity contribution < 1.29 is 9.18 Å². The molecule has 0 aliphatic heterocycles. The normalized spacial score (nSPS) is 10.2. The van der Waals surface area contributed by atoms with Crippen molar-refractivity contribution in [1.29, 1.82) is 0 Å². The van der Waals surface area contributed by atoms with Crippen LogP contribution in [0.5, 0.6) is 0 Å². The van der Waals surface area contributed by atoms with Gasteiger partial charge in [-0.15, -0.1) is 11.8 Å². The summed E-state index contributed by atoms with van der Waals surface area (Å²) in [5, 5.41) is 0.318. The average molecular weight is 277 g/mol. The number of thioether (sulfide) groups is 1. The van der Waals surface area contributed by atoms with E-state index in [0.717, 1.165) is 10.5 Å². The molecule has 14 heavy (non-hydrogen) atoms. The van der Waals surface area contributed by atoms with Crippen molar-refractivity contribution in [3.63, 3.8) is 0 Å². The highest BCUT2D eigenvalue weighted by molar-refractivity contribution is 9.09. The summed E-state index contributed by atoms with van der Waals surface area (Å²) in [6, 6.07) is 4.71. The van der Waals surface area contributed by atoms with E-state index in [1.165, 1.54) is 23.9 Å². The van der Waals surface area contributed by atoms with Gasteiger partial charge in [0.2, 0.25) is 0 Å². The van der Waals surface area contributed by atoms with Gasteiger partial charge in [-0.05, 0) is 30.0 Å². The van der Waals surface area contributed by atoms with E-state index in [4.69, 9.17) is 0 Å². The molecule has 1 nitrogen and oxygen atoms in total. The molecule has 0 aromatic heterocycles. The number of alkyl halides is 1. The van der Waals surface area contributed by atoms with Crippen LogP contribution in [0.2, 0.25) is 0 Å². The Kier molecular flexibility index (Phi) is 4.62. The maximum atomic E-state index is 13.0. The molecule has 0 saturated carbocycles. The lowest BCUT2D eigenvalue weighted by molar-refractivity contribution is -0.115. The lowest BCUT2D eigenvalue weighted by Crippen LogP contribution is -2.03. The summed E-state index contributed by atoms with van der Waals surface area (Å²) < 4.78 is 13.0. The lowest BCUT2D eigenvalue weighted by Gasteiger charge is -2.02. The number of carbonyl (C=O) groups excluding carboxylic acids is 1. The van der Waals surface area contributed by atoms with E-state index in [-0.39, 0.29) is 18.0 Å². The second-order valence-corrected chi connectivity index (χ2v) is 4.29. The van der Waals surface area contributed by atoms with Crippen LogP contribution in [0.3, 0.4) is 0 Å². The molecule has 4 heteroatoms. The molecule has 0 radical (unpaired) electrons. The molecule has 1 aromatic carbocycles. The minimum Gasteiger partial charge on any atom is -0.298 e. The summed E-state index contributed by atoms with van der Waals surface area (Å²) in [4.78, 5) is 12.0. The number of hydrogen-bond donors (Lipinski definition) is 0. The quantitative estimate of drug-likeness (QED) is 0.621. The van der Waals surface area contributed by atoms with Crippen molar-refractivity contribution >= 4 is 33.5 Å². The molecule has 0 aliphatic carbocycles. The van der Waals surface area contributed by atoms with Crippen molar-refractivity contribution in [2.45, 2.75) is 11.3 Å². The predicted octanol–water partition coefficient (Wildman–Crippen LogP) is 3.05. The van der Waals surface area contributed by atoms with Gasteiger partial charge >= 0.3 is 0 Å². The molecule has 0 saturated heterocycles. The first-order chi connectivity index (χ1) is 6.65. The number of hydrogen-bond acceptors (Lipinski definition) is 2. The van der Waals surface area contributed by atoms with Crippen LogP contribution in [0.1, 0.15) is 5.56 Å². The van der Waals surface area contributed by atoms with E-state index in [9.17, 15) is 9.18 Å². The molecule has 0 N–H and O–H groups in total. The third-order valence-corrected chi connectivity index (χ3v) is 3.05. The molecule has 76 valence electrons. The van der Waals surface area contributed by atoms with Crippen molar-refractivity contribution in [2.75, 3.05) is 11.6 Å². The van der Waals surface area contributed by atoms with Crippen molar-refractivity contribution in [3.05, 3.63) is 29.6 Å². The topological polar surface area (TPSA) is 17.1 Å². The van der Waals surface area contributed by atoms with Gasteiger partial charge in [0.25, 0.3) is 0 Å². The van der Waals surface area contributed by atoms with Gasteiger partial charge in [0.15, 0.2) is 0 Å². The zero-order valence-corrected chi connectivity index (χ0v) is 10.1.